The lowest BCUT2D eigenvalue weighted by molar-refractivity contribution is -0.0511. The number of benzene rings is 1. The summed E-state index contributed by atoms with van der Waals surface area (Å²) >= 11 is 6.36. The van der Waals surface area contributed by atoms with Crippen LogP contribution in [0.3, 0.4) is 0 Å². The van der Waals surface area contributed by atoms with Crippen molar-refractivity contribution in [2.24, 2.45) is 0 Å². The molecule has 3 aromatic rings. The van der Waals surface area contributed by atoms with Gasteiger partial charge in [-0.05, 0) is 36.1 Å². The highest BCUT2D eigenvalue weighted by atomic mass is 35.5. The van der Waals surface area contributed by atoms with Crippen LogP contribution >= 0.6 is 11.6 Å². The summed E-state index contributed by atoms with van der Waals surface area (Å²) in [5, 5.41) is 30.2. The Labute approximate surface area is 194 Å². The average Bonchev–Trinajstić information content (AvgIpc) is 3.47. The summed E-state index contributed by atoms with van der Waals surface area (Å²) in [6.07, 6.45) is -1.03. The number of aromatic nitrogens is 4. The molecule has 11 heteroatoms. The normalized spacial score (nSPS) is 28.7. The predicted octanol–water partition coefficient (Wildman–Crippen LogP) is 1.29. The molecule has 5 heterocycles. The Kier molecular flexibility index (Phi) is 5.05. The largest absolute Gasteiger partial charge is 0.394 e. The minimum Gasteiger partial charge on any atom is -0.394 e. The molecule has 0 amide bonds. The summed E-state index contributed by atoms with van der Waals surface area (Å²) in [6, 6.07) is 8.29. The van der Waals surface area contributed by atoms with Crippen molar-refractivity contribution in [3.05, 3.63) is 41.4 Å². The second-order valence-electron chi connectivity index (χ2n) is 8.87. The highest BCUT2D eigenvalue weighted by molar-refractivity contribution is 6.28. The molecule has 0 radical (unpaired) electrons. The van der Waals surface area contributed by atoms with Gasteiger partial charge in [-0.1, -0.05) is 18.2 Å². The van der Waals surface area contributed by atoms with Gasteiger partial charge in [-0.3, -0.25) is 4.57 Å². The molecule has 3 aliphatic heterocycles. The molecule has 1 aromatic carbocycles. The molecule has 1 unspecified atom stereocenters. The van der Waals surface area contributed by atoms with E-state index in [1.54, 1.807) is 0 Å². The SMILES string of the molecule is OC[C@H]1O[C@@H](n2cnc3c(N4CC5(CCOCC5)c5ccccc54)nc(Cl)nc32)C(O)[C@H]1O. The fourth-order valence-corrected chi connectivity index (χ4v) is 5.53. The monoisotopic (exact) mass is 473 g/mol. The summed E-state index contributed by atoms with van der Waals surface area (Å²) in [5.74, 6) is 0.575. The van der Waals surface area contributed by atoms with Crippen LogP contribution in [0.5, 0.6) is 0 Å². The number of aliphatic hydroxyl groups is 3. The first-order valence-electron chi connectivity index (χ1n) is 11.0. The standard InChI is InChI=1S/C22H24ClN5O5/c23-21-25-18(27-10-22(5-7-32-8-6-22)12-3-1-2-4-13(12)27)15-19(26-21)28(11-24-15)20-17(31)16(30)14(9-29)33-20/h1-4,11,14,16-17,20,29-31H,5-10H2/t14-,16+,17?,20-/m1/s1. The molecule has 3 aliphatic rings. The predicted molar refractivity (Wildman–Crippen MR) is 119 cm³/mol. The summed E-state index contributed by atoms with van der Waals surface area (Å²) in [7, 11) is 0. The van der Waals surface area contributed by atoms with Gasteiger partial charge in [-0.15, -0.1) is 0 Å². The lowest BCUT2D eigenvalue weighted by atomic mass is 9.76. The quantitative estimate of drug-likeness (QED) is 0.482. The molecule has 2 fully saturated rings. The van der Waals surface area contributed by atoms with E-state index in [1.165, 1.54) is 16.5 Å². The second-order valence-corrected chi connectivity index (χ2v) is 9.20. The van der Waals surface area contributed by atoms with Crippen LogP contribution in [0, 0.1) is 0 Å². The van der Waals surface area contributed by atoms with Gasteiger partial charge >= 0.3 is 0 Å². The number of imidazole rings is 1. The first-order valence-corrected chi connectivity index (χ1v) is 11.4. The van der Waals surface area contributed by atoms with E-state index in [0.29, 0.717) is 30.2 Å². The van der Waals surface area contributed by atoms with Gasteiger partial charge < -0.3 is 29.7 Å². The number of fused-ring (bicyclic) bond motifs is 3. The highest BCUT2D eigenvalue weighted by Gasteiger charge is 2.46. The Morgan fingerprint density at radius 1 is 1.12 bits per heavy atom. The van der Waals surface area contributed by atoms with Crippen molar-refractivity contribution >= 4 is 34.3 Å². The molecular formula is C22H24ClN5O5. The van der Waals surface area contributed by atoms with E-state index in [2.05, 4.69) is 38.1 Å². The van der Waals surface area contributed by atoms with Crippen molar-refractivity contribution in [3.63, 3.8) is 0 Å². The number of halogens is 1. The van der Waals surface area contributed by atoms with Gasteiger partial charge in [0, 0.05) is 30.9 Å². The molecule has 0 aliphatic carbocycles. The molecule has 174 valence electrons. The van der Waals surface area contributed by atoms with E-state index >= 15 is 0 Å². The van der Waals surface area contributed by atoms with Gasteiger partial charge in [0.2, 0.25) is 5.28 Å². The molecule has 1 spiro atoms. The van der Waals surface area contributed by atoms with E-state index in [0.717, 1.165) is 25.1 Å². The van der Waals surface area contributed by atoms with Crippen molar-refractivity contribution in [1.29, 1.82) is 0 Å². The molecule has 0 bridgehead atoms. The molecule has 33 heavy (non-hydrogen) atoms. The van der Waals surface area contributed by atoms with Crippen LogP contribution in [0.15, 0.2) is 30.6 Å². The van der Waals surface area contributed by atoms with Gasteiger partial charge in [-0.25, -0.2) is 4.98 Å². The van der Waals surface area contributed by atoms with Gasteiger partial charge in [0.25, 0.3) is 0 Å². The van der Waals surface area contributed by atoms with Crippen LogP contribution < -0.4 is 4.90 Å². The topological polar surface area (TPSA) is 126 Å². The van der Waals surface area contributed by atoms with E-state index in [1.807, 2.05) is 6.07 Å². The zero-order valence-electron chi connectivity index (χ0n) is 17.7. The van der Waals surface area contributed by atoms with Gasteiger partial charge in [0.1, 0.15) is 18.3 Å². The third-order valence-electron chi connectivity index (χ3n) is 7.10. The number of ether oxygens (including phenoxy) is 2. The maximum atomic E-state index is 10.5. The fraction of sp³-hybridized carbons (Fsp3) is 0.500. The van der Waals surface area contributed by atoms with E-state index in [-0.39, 0.29) is 10.7 Å². The molecular weight excluding hydrogens is 450 g/mol. The number of aliphatic hydroxyl groups excluding tert-OH is 3. The molecule has 0 saturated carbocycles. The number of nitrogens with zero attached hydrogens (tertiary/aromatic N) is 5. The van der Waals surface area contributed by atoms with Crippen LogP contribution in [0.4, 0.5) is 11.5 Å². The van der Waals surface area contributed by atoms with Crippen molar-refractivity contribution in [2.45, 2.75) is 42.8 Å². The first kappa shape index (κ1) is 21.2. The van der Waals surface area contributed by atoms with Crippen molar-refractivity contribution in [3.8, 4) is 0 Å². The average molecular weight is 474 g/mol. The van der Waals surface area contributed by atoms with Crippen molar-refractivity contribution < 1.29 is 24.8 Å². The molecule has 3 N–H and O–H groups in total. The highest BCUT2D eigenvalue weighted by Crippen LogP contribution is 2.50. The zero-order valence-corrected chi connectivity index (χ0v) is 18.5. The first-order chi connectivity index (χ1) is 16.0. The maximum Gasteiger partial charge on any atom is 0.226 e. The molecule has 4 atom stereocenters. The van der Waals surface area contributed by atoms with Gasteiger partial charge in [-0.2, -0.15) is 9.97 Å². The summed E-state index contributed by atoms with van der Waals surface area (Å²) in [6.45, 7) is 1.72. The van der Waals surface area contributed by atoms with Gasteiger partial charge in [0.05, 0.1) is 12.9 Å². The summed E-state index contributed by atoms with van der Waals surface area (Å²) in [5.41, 5.74) is 3.17. The van der Waals surface area contributed by atoms with Crippen LogP contribution in [-0.4, -0.2) is 79.5 Å². The van der Waals surface area contributed by atoms with E-state index in [4.69, 9.17) is 21.1 Å². The van der Waals surface area contributed by atoms with Crippen molar-refractivity contribution in [1.82, 2.24) is 19.5 Å². The Morgan fingerprint density at radius 3 is 2.67 bits per heavy atom. The summed E-state index contributed by atoms with van der Waals surface area (Å²) < 4.78 is 12.9. The maximum absolute atomic E-state index is 10.5. The number of rotatable bonds is 3. The Bertz CT molecular complexity index is 1200. The smallest absolute Gasteiger partial charge is 0.226 e. The Balaban J connectivity index is 1.46. The number of hydrogen-bond acceptors (Lipinski definition) is 9. The third-order valence-corrected chi connectivity index (χ3v) is 7.27. The fourth-order valence-electron chi connectivity index (χ4n) is 5.37. The van der Waals surface area contributed by atoms with Crippen molar-refractivity contribution in [2.75, 3.05) is 31.3 Å². The van der Waals surface area contributed by atoms with Gasteiger partial charge in [0.15, 0.2) is 23.2 Å². The van der Waals surface area contributed by atoms with E-state index < -0.39 is 31.1 Å². The molecule has 6 rings (SSSR count). The molecule has 10 nitrogen and oxygen atoms in total. The third kappa shape index (κ3) is 3.17. The van der Waals surface area contributed by atoms with E-state index in [9.17, 15) is 15.3 Å². The number of para-hydroxylation sites is 1. The van der Waals surface area contributed by atoms with Crippen LogP contribution in [0.1, 0.15) is 24.6 Å². The zero-order chi connectivity index (χ0) is 22.7. The summed E-state index contributed by atoms with van der Waals surface area (Å²) in [4.78, 5) is 15.6. The van der Waals surface area contributed by atoms with Crippen LogP contribution in [0.2, 0.25) is 5.28 Å². The Morgan fingerprint density at radius 2 is 1.91 bits per heavy atom. The Hall–Kier alpha value is -2.34. The lowest BCUT2D eigenvalue weighted by Crippen LogP contribution is -2.37. The second kappa shape index (κ2) is 7.86. The number of anilines is 2. The minimum atomic E-state index is -1.25. The molecule has 2 aromatic heterocycles. The molecule has 2 saturated heterocycles. The number of hydrogen-bond donors (Lipinski definition) is 3. The lowest BCUT2D eigenvalue weighted by Gasteiger charge is -2.34. The van der Waals surface area contributed by atoms with Crippen LogP contribution in [-0.2, 0) is 14.9 Å². The van der Waals surface area contributed by atoms with Crippen LogP contribution in [0.25, 0.3) is 11.2 Å². The minimum absolute atomic E-state index is 0.0373.